The molecular formula is C27H28N4O3S. The number of benzene rings is 3. The summed E-state index contributed by atoms with van der Waals surface area (Å²) in [5.41, 5.74) is 1.86. The molecule has 0 bridgehead atoms. The van der Waals surface area contributed by atoms with Gasteiger partial charge in [-0.15, -0.1) is 16.8 Å². The van der Waals surface area contributed by atoms with Crippen LogP contribution in [0, 0.1) is 6.92 Å². The van der Waals surface area contributed by atoms with Gasteiger partial charge in [-0.05, 0) is 54.4 Å². The van der Waals surface area contributed by atoms with Crippen LogP contribution in [0.2, 0.25) is 0 Å². The van der Waals surface area contributed by atoms with Gasteiger partial charge in [0.25, 0.3) is 0 Å². The average Bonchev–Trinajstić information content (AvgIpc) is 3.24. The van der Waals surface area contributed by atoms with Gasteiger partial charge in [0.05, 0.1) is 12.4 Å². The summed E-state index contributed by atoms with van der Waals surface area (Å²) in [6.07, 6.45) is 1.77. The summed E-state index contributed by atoms with van der Waals surface area (Å²) in [6, 6.07) is 19.7. The Morgan fingerprint density at radius 3 is 2.69 bits per heavy atom. The summed E-state index contributed by atoms with van der Waals surface area (Å²) in [5, 5.41) is 14.4. The van der Waals surface area contributed by atoms with Crippen molar-refractivity contribution < 1.29 is 14.3 Å². The van der Waals surface area contributed by atoms with Crippen LogP contribution in [0.4, 0.5) is 5.69 Å². The minimum Gasteiger partial charge on any atom is -0.490 e. The smallest absolute Gasteiger partial charge is 0.234 e. The zero-order valence-corrected chi connectivity index (χ0v) is 20.7. The maximum absolute atomic E-state index is 12.6. The molecule has 0 aliphatic heterocycles. The molecule has 4 rings (SSSR count). The number of fused-ring (bicyclic) bond motifs is 1. The monoisotopic (exact) mass is 488 g/mol. The number of hydrogen-bond acceptors (Lipinski definition) is 6. The van der Waals surface area contributed by atoms with Crippen molar-refractivity contribution in [3.05, 3.63) is 84.7 Å². The minimum absolute atomic E-state index is 0.114. The predicted molar refractivity (Wildman–Crippen MR) is 140 cm³/mol. The largest absolute Gasteiger partial charge is 0.490 e. The molecule has 0 unspecified atom stereocenters. The van der Waals surface area contributed by atoms with Gasteiger partial charge in [-0.2, -0.15) is 0 Å². The first-order valence-corrected chi connectivity index (χ1v) is 12.4. The summed E-state index contributed by atoms with van der Waals surface area (Å²) >= 11 is 1.32. The van der Waals surface area contributed by atoms with Crippen molar-refractivity contribution in [3.63, 3.8) is 0 Å². The van der Waals surface area contributed by atoms with Crippen LogP contribution in [-0.2, 0) is 17.9 Å². The summed E-state index contributed by atoms with van der Waals surface area (Å²) < 4.78 is 13.6. The van der Waals surface area contributed by atoms with Gasteiger partial charge >= 0.3 is 0 Å². The number of aromatic nitrogens is 3. The second-order valence-corrected chi connectivity index (χ2v) is 8.81. The molecule has 0 fully saturated rings. The molecule has 0 atom stereocenters. The fourth-order valence-corrected chi connectivity index (χ4v) is 4.35. The fraction of sp³-hybridized carbons (Fsp3) is 0.222. The van der Waals surface area contributed by atoms with Crippen LogP contribution in [0.25, 0.3) is 10.8 Å². The van der Waals surface area contributed by atoms with Crippen LogP contribution >= 0.6 is 11.8 Å². The van der Waals surface area contributed by atoms with Gasteiger partial charge in [0, 0.05) is 12.2 Å². The molecule has 0 aliphatic carbocycles. The van der Waals surface area contributed by atoms with Crippen LogP contribution in [-0.4, -0.2) is 33.0 Å². The molecule has 7 nitrogen and oxygen atoms in total. The van der Waals surface area contributed by atoms with E-state index in [1.54, 1.807) is 6.08 Å². The molecule has 4 aromatic rings. The van der Waals surface area contributed by atoms with E-state index in [9.17, 15) is 4.79 Å². The highest BCUT2D eigenvalue weighted by Gasteiger charge is 2.15. The second-order valence-electron chi connectivity index (χ2n) is 7.87. The number of nitrogens with one attached hydrogen (secondary N) is 1. The van der Waals surface area contributed by atoms with Crippen molar-refractivity contribution in [2.45, 2.75) is 32.2 Å². The number of nitrogens with zero attached hydrogens (tertiary/aromatic N) is 3. The third kappa shape index (κ3) is 6.22. The van der Waals surface area contributed by atoms with Gasteiger partial charge in [-0.25, -0.2) is 0 Å². The molecule has 0 aliphatic rings. The number of carbonyl (C=O) groups is 1. The average molecular weight is 489 g/mol. The highest BCUT2D eigenvalue weighted by atomic mass is 32.2. The number of amides is 1. The van der Waals surface area contributed by atoms with E-state index in [-0.39, 0.29) is 18.3 Å². The molecule has 1 aromatic heterocycles. The number of aryl methyl sites for hydroxylation is 1. The topological polar surface area (TPSA) is 78.3 Å². The number of ether oxygens (including phenoxy) is 2. The number of hydrogen-bond donors (Lipinski definition) is 1. The lowest BCUT2D eigenvalue weighted by Gasteiger charge is -2.13. The Labute approximate surface area is 209 Å². The van der Waals surface area contributed by atoms with E-state index in [0.717, 1.165) is 22.0 Å². The first kappa shape index (κ1) is 24.3. The van der Waals surface area contributed by atoms with E-state index in [4.69, 9.17) is 9.47 Å². The van der Waals surface area contributed by atoms with E-state index in [1.807, 2.05) is 79.1 Å². The molecule has 0 radical (unpaired) electrons. The Kier molecular flexibility index (Phi) is 8.05. The quantitative estimate of drug-likeness (QED) is 0.218. The van der Waals surface area contributed by atoms with E-state index in [2.05, 4.69) is 22.1 Å². The molecular weight excluding hydrogens is 460 g/mol. The summed E-state index contributed by atoms with van der Waals surface area (Å²) in [5.74, 6) is 2.08. The van der Waals surface area contributed by atoms with Crippen LogP contribution in [0.1, 0.15) is 18.3 Å². The maximum atomic E-state index is 12.6. The number of rotatable bonds is 11. The Morgan fingerprint density at radius 2 is 1.89 bits per heavy atom. The van der Waals surface area contributed by atoms with E-state index in [0.29, 0.717) is 35.6 Å². The molecule has 35 heavy (non-hydrogen) atoms. The molecule has 1 heterocycles. The number of carbonyl (C=O) groups excluding carboxylic acids is 1. The highest BCUT2D eigenvalue weighted by Crippen LogP contribution is 2.29. The van der Waals surface area contributed by atoms with Gasteiger partial charge in [0.1, 0.15) is 6.61 Å². The lowest BCUT2D eigenvalue weighted by molar-refractivity contribution is -0.113. The van der Waals surface area contributed by atoms with Crippen molar-refractivity contribution in [1.29, 1.82) is 0 Å². The first-order chi connectivity index (χ1) is 17.1. The molecule has 0 spiro atoms. The zero-order valence-electron chi connectivity index (χ0n) is 19.9. The van der Waals surface area contributed by atoms with Crippen LogP contribution in [0.5, 0.6) is 11.5 Å². The Morgan fingerprint density at radius 1 is 1.06 bits per heavy atom. The SMILES string of the molecule is C=CCn1c(COc2ccc(C)cc2OCC)nnc1SCC(=O)Nc1ccc2ccccc2c1. The van der Waals surface area contributed by atoms with Crippen LogP contribution < -0.4 is 14.8 Å². The van der Waals surface area contributed by atoms with Gasteiger partial charge < -0.3 is 14.8 Å². The standard InChI is InChI=1S/C27H28N4O3S/c1-4-14-31-25(17-34-23-13-10-19(3)15-24(23)33-5-2)29-30-27(31)35-18-26(32)28-22-12-11-20-8-6-7-9-21(20)16-22/h4,6-13,15-16H,1,5,14,17-18H2,2-3H3,(H,28,32). The van der Waals surface area contributed by atoms with E-state index < -0.39 is 0 Å². The number of thioether (sulfide) groups is 1. The zero-order chi connectivity index (χ0) is 24.6. The molecule has 0 saturated heterocycles. The number of allylic oxidation sites excluding steroid dienone is 1. The van der Waals surface area contributed by atoms with Crippen molar-refractivity contribution in [3.8, 4) is 11.5 Å². The molecule has 8 heteroatoms. The number of anilines is 1. The van der Waals surface area contributed by atoms with Crippen molar-refractivity contribution in [2.75, 3.05) is 17.7 Å². The molecule has 0 saturated carbocycles. The molecule has 1 N–H and O–H groups in total. The van der Waals surface area contributed by atoms with E-state index >= 15 is 0 Å². The normalized spacial score (nSPS) is 10.8. The molecule has 180 valence electrons. The van der Waals surface area contributed by atoms with Gasteiger partial charge in [0.15, 0.2) is 22.5 Å². The summed E-state index contributed by atoms with van der Waals surface area (Å²) in [6.45, 7) is 9.05. The molecule has 1 amide bonds. The summed E-state index contributed by atoms with van der Waals surface area (Å²) in [4.78, 5) is 12.6. The first-order valence-electron chi connectivity index (χ1n) is 11.4. The third-order valence-corrected chi connectivity index (χ3v) is 6.19. The lowest BCUT2D eigenvalue weighted by Crippen LogP contribution is -2.15. The van der Waals surface area contributed by atoms with Crippen molar-refractivity contribution in [2.24, 2.45) is 0 Å². The Hall–Kier alpha value is -3.78. The summed E-state index contributed by atoms with van der Waals surface area (Å²) in [7, 11) is 0. The predicted octanol–water partition coefficient (Wildman–Crippen LogP) is 5.63. The van der Waals surface area contributed by atoms with Crippen LogP contribution in [0.3, 0.4) is 0 Å². The second kappa shape index (κ2) is 11.6. The van der Waals surface area contributed by atoms with Gasteiger partial charge in [0.2, 0.25) is 5.91 Å². The Bertz CT molecular complexity index is 1340. The maximum Gasteiger partial charge on any atom is 0.234 e. The third-order valence-electron chi connectivity index (χ3n) is 5.23. The lowest BCUT2D eigenvalue weighted by atomic mass is 10.1. The van der Waals surface area contributed by atoms with Gasteiger partial charge in [-0.1, -0.05) is 54.2 Å². The van der Waals surface area contributed by atoms with Crippen molar-refractivity contribution >= 4 is 34.1 Å². The van der Waals surface area contributed by atoms with Crippen LogP contribution in [0.15, 0.2) is 78.5 Å². The van der Waals surface area contributed by atoms with E-state index in [1.165, 1.54) is 11.8 Å². The highest BCUT2D eigenvalue weighted by molar-refractivity contribution is 7.99. The fourth-order valence-electron chi connectivity index (χ4n) is 3.58. The molecule has 3 aromatic carbocycles. The van der Waals surface area contributed by atoms with Gasteiger partial charge in [-0.3, -0.25) is 9.36 Å². The Balaban J connectivity index is 1.40. The minimum atomic E-state index is -0.114. The van der Waals surface area contributed by atoms with Crippen molar-refractivity contribution in [1.82, 2.24) is 14.8 Å².